The molecule has 0 spiro atoms. The molecule has 8 heteroatoms. The highest BCUT2D eigenvalue weighted by Crippen LogP contribution is 2.36. The zero-order valence-electron chi connectivity index (χ0n) is 11.6. The van der Waals surface area contributed by atoms with E-state index in [1.54, 1.807) is 11.2 Å². The number of aliphatic imine (C=N–C) groups is 2. The molecule has 3 aliphatic rings. The van der Waals surface area contributed by atoms with E-state index in [-0.39, 0.29) is 13.0 Å². The summed E-state index contributed by atoms with van der Waals surface area (Å²) >= 11 is 1.49. The van der Waals surface area contributed by atoms with E-state index in [2.05, 4.69) is 21.5 Å². The second-order valence-electron chi connectivity index (χ2n) is 4.70. The highest BCUT2D eigenvalue weighted by molar-refractivity contribution is 8.13. The molecular weight excluding hydrogens is 302 g/mol. The number of amidine groups is 2. The van der Waals surface area contributed by atoms with Crippen molar-refractivity contribution < 1.29 is 9.47 Å². The summed E-state index contributed by atoms with van der Waals surface area (Å²) in [6.07, 6.45) is 3.18. The van der Waals surface area contributed by atoms with Gasteiger partial charge in [-0.05, 0) is 24.0 Å². The Labute approximate surface area is 130 Å². The van der Waals surface area contributed by atoms with Crippen LogP contribution in [0.4, 0.5) is 0 Å². The van der Waals surface area contributed by atoms with Crippen LogP contribution in [0.25, 0.3) is 0 Å². The van der Waals surface area contributed by atoms with Crippen LogP contribution in [0.3, 0.4) is 0 Å². The number of hydrogen-bond donors (Lipinski definition) is 1. The zero-order chi connectivity index (χ0) is 15.1. The van der Waals surface area contributed by atoms with Gasteiger partial charge in [0.05, 0.1) is 6.20 Å². The summed E-state index contributed by atoms with van der Waals surface area (Å²) in [7, 11) is 0. The Hall–Kier alpha value is -2.50. The summed E-state index contributed by atoms with van der Waals surface area (Å²) in [5.74, 6) is 2.03. The molecule has 7 nitrogen and oxygen atoms in total. The molecule has 0 amide bonds. The number of thioether (sulfide) groups is 1. The van der Waals surface area contributed by atoms with Crippen LogP contribution in [-0.2, 0) is 0 Å². The van der Waals surface area contributed by atoms with E-state index < -0.39 is 0 Å². The molecule has 0 saturated carbocycles. The molecule has 3 heterocycles. The third-order valence-electron chi connectivity index (χ3n) is 3.47. The molecule has 0 saturated heterocycles. The van der Waals surface area contributed by atoms with Crippen LogP contribution < -0.4 is 14.9 Å². The number of nitriles is 1. The Morgan fingerprint density at radius 1 is 1.41 bits per heavy atom. The summed E-state index contributed by atoms with van der Waals surface area (Å²) in [6.45, 7) is 0.238. The SMILES string of the molecule is CSC1=NC=C(C#N)C2=N[C@@H](c3ccc4c(c3)OCO4)NN12. The molecule has 4 rings (SSSR count). The summed E-state index contributed by atoms with van der Waals surface area (Å²) in [5, 5.41) is 11.7. The molecule has 1 aromatic carbocycles. The predicted molar refractivity (Wildman–Crippen MR) is 82.4 cm³/mol. The third-order valence-corrected chi connectivity index (χ3v) is 4.12. The zero-order valence-corrected chi connectivity index (χ0v) is 12.4. The van der Waals surface area contributed by atoms with Crippen LogP contribution in [0.5, 0.6) is 11.5 Å². The van der Waals surface area contributed by atoms with Gasteiger partial charge in [-0.3, -0.25) is 0 Å². The molecule has 3 aliphatic heterocycles. The van der Waals surface area contributed by atoms with Crippen molar-refractivity contribution in [3.8, 4) is 17.6 Å². The van der Waals surface area contributed by atoms with E-state index in [0.717, 1.165) is 16.5 Å². The largest absolute Gasteiger partial charge is 0.454 e. The van der Waals surface area contributed by atoms with Crippen LogP contribution >= 0.6 is 11.8 Å². The van der Waals surface area contributed by atoms with Gasteiger partial charge in [0.25, 0.3) is 0 Å². The lowest BCUT2D eigenvalue weighted by Gasteiger charge is -2.23. The van der Waals surface area contributed by atoms with Gasteiger partial charge in [0, 0.05) is 0 Å². The molecular formula is C14H11N5O2S. The van der Waals surface area contributed by atoms with Crippen molar-refractivity contribution in [1.82, 2.24) is 10.4 Å². The second-order valence-corrected chi connectivity index (χ2v) is 5.48. The number of benzene rings is 1. The summed E-state index contributed by atoms with van der Waals surface area (Å²) in [4.78, 5) is 8.87. The molecule has 0 fully saturated rings. The predicted octanol–water partition coefficient (Wildman–Crippen LogP) is 1.77. The maximum atomic E-state index is 9.21. The Morgan fingerprint density at radius 2 is 2.27 bits per heavy atom. The maximum Gasteiger partial charge on any atom is 0.231 e. The van der Waals surface area contributed by atoms with Gasteiger partial charge in [-0.15, -0.1) is 0 Å². The molecule has 0 aliphatic carbocycles. The number of nitrogens with one attached hydrogen (secondary N) is 1. The van der Waals surface area contributed by atoms with E-state index in [1.165, 1.54) is 11.8 Å². The molecule has 0 radical (unpaired) electrons. The van der Waals surface area contributed by atoms with Crippen molar-refractivity contribution in [2.45, 2.75) is 6.17 Å². The van der Waals surface area contributed by atoms with Crippen LogP contribution in [0.15, 0.2) is 40.0 Å². The minimum absolute atomic E-state index is 0.238. The quantitative estimate of drug-likeness (QED) is 0.851. The lowest BCUT2D eigenvalue weighted by Crippen LogP contribution is -2.43. The van der Waals surface area contributed by atoms with Crippen LogP contribution in [0, 0.1) is 11.3 Å². The lowest BCUT2D eigenvalue weighted by molar-refractivity contribution is 0.174. The van der Waals surface area contributed by atoms with Gasteiger partial charge in [-0.25, -0.2) is 15.0 Å². The van der Waals surface area contributed by atoms with Crippen molar-refractivity contribution in [2.75, 3.05) is 13.0 Å². The Bertz CT molecular complexity index is 780. The molecule has 22 heavy (non-hydrogen) atoms. The number of nitrogens with zero attached hydrogens (tertiary/aromatic N) is 4. The van der Waals surface area contributed by atoms with Crippen molar-refractivity contribution in [3.05, 3.63) is 35.5 Å². The van der Waals surface area contributed by atoms with E-state index >= 15 is 0 Å². The van der Waals surface area contributed by atoms with Gasteiger partial charge in [0.1, 0.15) is 17.8 Å². The van der Waals surface area contributed by atoms with Crippen LogP contribution in [0.2, 0.25) is 0 Å². The molecule has 0 bridgehead atoms. The first kappa shape index (κ1) is 13.2. The van der Waals surface area contributed by atoms with E-state index in [1.807, 2.05) is 24.5 Å². The van der Waals surface area contributed by atoms with Crippen molar-refractivity contribution >= 4 is 22.8 Å². The van der Waals surface area contributed by atoms with Crippen molar-refractivity contribution in [3.63, 3.8) is 0 Å². The van der Waals surface area contributed by atoms with Gasteiger partial charge in [0.2, 0.25) is 6.79 Å². The topological polar surface area (TPSA) is 82.2 Å². The monoisotopic (exact) mass is 313 g/mol. The van der Waals surface area contributed by atoms with Gasteiger partial charge in [-0.1, -0.05) is 17.8 Å². The number of hydrogen-bond acceptors (Lipinski definition) is 8. The minimum Gasteiger partial charge on any atom is -0.454 e. The smallest absolute Gasteiger partial charge is 0.231 e. The Balaban J connectivity index is 1.69. The van der Waals surface area contributed by atoms with Crippen LogP contribution in [-0.4, -0.2) is 29.1 Å². The van der Waals surface area contributed by atoms with E-state index in [0.29, 0.717) is 17.2 Å². The Morgan fingerprint density at radius 3 is 3.09 bits per heavy atom. The third kappa shape index (κ3) is 1.94. The highest BCUT2D eigenvalue weighted by atomic mass is 32.2. The van der Waals surface area contributed by atoms with Gasteiger partial charge < -0.3 is 9.47 Å². The number of hydrazine groups is 1. The summed E-state index contributed by atoms with van der Waals surface area (Å²) < 4.78 is 10.7. The first-order valence-electron chi connectivity index (χ1n) is 6.56. The average molecular weight is 313 g/mol. The molecule has 1 aromatic rings. The fourth-order valence-corrected chi connectivity index (χ4v) is 2.90. The number of fused-ring (bicyclic) bond motifs is 2. The molecule has 1 N–H and O–H groups in total. The Kier molecular flexibility index (Phi) is 3.03. The van der Waals surface area contributed by atoms with Gasteiger partial charge in [-0.2, -0.15) is 10.7 Å². The summed E-state index contributed by atoms with van der Waals surface area (Å²) in [6, 6.07) is 7.81. The maximum absolute atomic E-state index is 9.21. The lowest BCUT2D eigenvalue weighted by atomic mass is 10.1. The average Bonchev–Trinajstić information content (AvgIpc) is 3.19. The van der Waals surface area contributed by atoms with Gasteiger partial charge >= 0.3 is 0 Å². The van der Waals surface area contributed by atoms with Crippen molar-refractivity contribution in [2.24, 2.45) is 9.98 Å². The first-order chi connectivity index (χ1) is 10.8. The van der Waals surface area contributed by atoms with Crippen LogP contribution in [0.1, 0.15) is 11.7 Å². The summed E-state index contributed by atoms with van der Waals surface area (Å²) in [5.41, 5.74) is 4.63. The first-order valence-corrected chi connectivity index (χ1v) is 7.78. The fourth-order valence-electron chi connectivity index (χ4n) is 2.42. The normalized spacial score (nSPS) is 21.7. The number of ether oxygens (including phenoxy) is 2. The standard InChI is InChI=1S/C14H11N5O2S/c1-22-14-16-6-9(5-15)13-17-12(18-19(13)14)8-2-3-10-11(4-8)21-7-20-10/h2-4,6,12,18H,7H2,1H3/t12-/m1/s1. The fraction of sp³-hybridized carbons (Fsp3) is 0.214. The van der Waals surface area contributed by atoms with E-state index in [9.17, 15) is 5.26 Å². The van der Waals surface area contributed by atoms with E-state index in [4.69, 9.17) is 9.47 Å². The highest BCUT2D eigenvalue weighted by Gasteiger charge is 2.33. The second kappa shape index (κ2) is 5.05. The number of rotatable bonds is 1. The molecule has 0 aromatic heterocycles. The minimum atomic E-state index is -0.295. The molecule has 110 valence electrons. The van der Waals surface area contributed by atoms with Crippen molar-refractivity contribution in [1.29, 1.82) is 5.26 Å². The van der Waals surface area contributed by atoms with Gasteiger partial charge in [0.15, 0.2) is 22.5 Å². The molecule has 0 unspecified atom stereocenters. The molecule has 1 atom stereocenters.